The summed E-state index contributed by atoms with van der Waals surface area (Å²) in [7, 11) is -3.34. The predicted octanol–water partition coefficient (Wildman–Crippen LogP) is 0.976. The molecule has 1 fully saturated rings. The van der Waals surface area contributed by atoms with Crippen molar-refractivity contribution in [1.82, 2.24) is 4.72 Å². The third-order valence-corrected chi connectivity index (χ3v) is 4.43. The van der Waals surface area contributed by atoms with E-state index in [0.717, 1.165) is 24.8 Å². The van der Waals surface area contributed by atoms with E-state index < -0.39 is 10.0 Å². The van der Waals surface area contributed by atoms with Crippen LogP contribution >= 0.6 is 0 Å². The van der Waals surface area contributed by atoms with Crippen LogP contribution in [0.3, 0.4) is 0 Å². The summed E-state index contributed by atoms with van der Waals surface area (Å²) in [6.07, 6.45) is 3.00. The minimum atomic E-state index is -3.34. The van der Waals surface area contributed by atoms with Crippen molar-refractivity contribution in [3.63, 3.8) is 0 Å². The van der Waals surface area contributed by atoms with E-state index in [-0.39, 0.29) is 6.04 Å². The molecule has 0 heterocycles. The summed E-state index contributed by atoms with van der Waals surface area (Å²) in [6.45, 7) is 0.427. The van der Waals surface area contributed by atoms with Crippen molar-refractivity contribution in [2.45, 2.75) is 36.7 Å². The Hall–Kier alpha value is -0.910. The number of nitrogens with two attached hydrogens (primary N) is 1. The van der Waals surface area contributed by atoms with Crippen molar-refractivity contribution in [3.05, 3.63) is 29.8 Å². The highest BCUT2D eigenvalue weighted by Gasteiger charge is 2.24. The van der Waals surface area contributed by atoms with Crippen LogP contribution in [-0.2, 0) is 16.6 Å². The van der Waals surface area contributed by atoms with E-state index in [1.54, 1.807) is 24.3 Å². The molecule has 1 aromatic carbocycles. The second kappa shape index (κ2) is 4.53. The fourth-order valence-corrected chi connectivity index (χ4v) is 2.92. The molecule has 0 unspecified atom stereocenters. The first-order valence-corrected chi connectivity index (χ1v) is 6.91. The van der Waals surface area contributed by atoms with Crippen LogP contribution in [-0.4, -0.2) is 14.5 Å². The molecule has 2 rings (SSSR count). The van der Waals surface area contributed by atoms with Gasteiger partial charge in [0.15, 0.2) is 0 Å². The molecule has 0 radical (unpaired) electrons. The molecule has 5 heteroatoms. The summed E-state index contributed by atoms with van der Waals surface area (Å²) in [6, 6.07) is 6.82. The Morgan fingerprint density at radius 2 is 1.88 bits per heavy atom. The standard InChI is InChI=1S/C11H16N2O2S/c12-8-9-4-6-11(7-5-9)16(14,15)13-10-2-1-3-10/h4-7,10,13H,1-3,8,12H2. The first-order chi connectivity index (χ1) is 7.62. The summed E-state index contributed by atoms with van der Waals surface area (Å²) in [5, 5.41) is 0. The number of hydrogen-bond acceptors (Lipinski definition) is 3. The molecule has 1 saturated carbocycles. The van der Waals surface area contributed by atoms with E-state index in [2.05, 4.69) is 4.72 Å². The van der Waals surface area contributed by atoms with Crippen molar-refractivity contribution in [2.24, 2.45) is 5.73 Å². The Morgan fingerprint density at radius 3 is 2.31 bits per heavy atom. The topological polar surface area (TPSA) is 72.2 Å². The molecular formula is C11H16N2O2S. The number of rotatable bonds is 4. The SMILES string of the molecule is NCc1ccc(S(=O)(=O)NC2CCC2)cc1. The second-order valence-electron chi connectivity index (χ2n) is 4.10. The largest absolute Gasteiger partial charge is 0.326 e. The van der Waals surface area contributed by atoms with E-state index in [9.17, 15) is 8.42 Å². The minimum absolute atomic E-state index is 0.124. The lowest BCUT2D eigenvalue weighted by molar-refractivity contribution is 0.383. The predicted molar refractivity (Wildman–Crippen MR) is 62.3 cm³/mol. The molecule has 16 heavy (non-hydrogen) atoms. The molecule has 0 bridgehead atoms. The second-order valence-corrected chi connectivity index (χ2v) is 5.81. The average molecular weight is 240 g/mol. The zero-order valence-electron chi connectivity index (χ0n) is 9.02. The van der Waals surface area contributed by atoms with Crippen LogP contribution in [0.5, 0.6) is 0 Å². The van der Waals surface area contributed by atoms with Crippen molar-refractivity contribution in [2.75, 3.05) is 0 Å². The summed E-state index contributed by atoms with van der Waals surface area (Å²) >= 11 is 0. The third-order valence-electron chi connectivity index (χ3n) is 2.90. The van der Waals surface area contributed by atoms with Crippen LogP contribution in [0, 0.1) is 0 Å². The number of nitrogens with one attached hydrogen (secondary N) is 1. The van der Waals surface area contributed by atoms with Crippen LogP contribution in [0.1, 0.15) is 24.8 Å². The maximum atomic E-state index is 11.9. The maximum absolute atomic E-state index is 11.9. The summed E-state index contributed by atoms with van der Waals surface area (Å²) in [5.41, 5.74) is 6.39. The highest BCUT2D eigenvalue weighted by atomic mass is 32.2. The van der Waals surface area contributed by atoms with Crippen molar-refractivity contribution in [3.8, 4) is 0 Å². The lowest BCUT2D eigenvalue weighted by Gasteiger charge is -2.26. The fraction of sp³-hybridized carbons (Fsp3) is 0.455. The molecule has 0 spiro atoms. The highest BCUT2D eigenvalue weighted by molar-refractivity contribution is 7.89. The lowest BCUT2D eigenvalue weighted by atomic mass is 9.94. The van der Waals surface area contributed by atoms with Gasteiger partial charge in [0.2, 0.25) is 10.0 Å². The Morgan fingerprint density at radius 1 is 1.25 bits per heavy atom. The molecule has 0 amide bonds. The lowest BCUT2D eigenvalue weighted by Crippen LogP contribution is -2.39. The van der Waals surface area contributed by atoms with Gasteiger partial charge in [-0.3, -0.25) is 0 Å². The Balaban J connectivity index is 2.14. The van der Waals surface area contributed by atoms with Crippen molar-refractivity contribution >= 4 is 10.0 Å². The first-order valence-electron chi connectivity index (χ1n) is 5.43. The molecule has 3 N–H and O–H groups in total. The molecule has 88 valence electrons. The van der Waals surface area contributed by atoms with Gasteiger partial charge < -0.3 is 5.73 Å². The molecule has 0 aromatic heterocycles. The molecule has 0 aliphatic heterocycles. The van der Waals surface area contributed by atoms with Gasteiger partial charge in [0.1, 0.15) is 0 Å². The Bertz CT molecular complexity index is 449. The summed E-state index contributed by atoms with van der Waals surface area (Å²) in [4.78, 5) is 0.316. The smallest absolute Gasteiger partial charge is 0.240 e. The number of benzene rings is 1. The van der Waals surface area contributed by atoms with Gasteiger partial charge in [0.25, 0.3) is 0 Å². The third kappa shape index (κ3) is 2.42. The zero-order valence-corrected chi connectivity index (χ0v) is 9.83. The molecular weight excluding hydrogens is 224 g/mol. The summed E-state index contributed by atoms with van der Waals surface area (Å²) in [5.74, 6) is 0. The van der Waals surface area contributed by atoms with Gasteiger partial charge >= 0.3 is 0 Å². The van der Waals surface area contributed by atoms with Gasteiger partial charge in [-0.2, -0.15) is 0 Å². The van der Waals surface area contributed by atoms with E-state index >= 15 is 0 Å². The van der Waals surface area contributed by atoms with Crippen LogP contribution < -0.4 is 10.5 Å². The molecule has 0 atom stereocenters. The van der Waals surface area contributed by atoms with Gasteiger partial charge in [0.05, 0.1) is 4.90 Å². The van der Waals surface area contributed by atoms with Crippen molar-refractivity contribution < 1.29 is 8.42 Å². The van der Waals surface area contributed by atoms with Gasteiger partial charge in [-0.15, -0.1) is 0 Å². The van der Waals surface area contributed by atoms with Crippen LogP contribution in [0.25, 0.3) is 0 Å². The zero-order chi connectivity index (χ0) is 11.6. The number of sulfonamides is 1. The normalized spacial score (nSPS) is 17.1. The molecule has 4 nitrogen and oxygen atoms in total. The van der Waals surface area contributed by atoms with Crippen LogP contribution in [0.4, 0.5) is 0 Å². The van der Waals surface area contributed by atoms with E-state index in [0.29, 0.717) is 11.4 Å². The van der Waals surface area contributed by atoms with Crippen LogP contribution in [0.15, 0.2) is 29.2 Å². The molecule has 0 saturated heterocycles. The molecule has 1 aliphatic rings. The van der Waals surface area contributed by atoms with E-state index in [4.69, 9.17) is 5.73 Å². The molecule has 1 aromatic rings. The van der Waals surface area contributed by atoms with Gasteiger partial charge in [-0.05, 0) is 30.5 Å². The van der Waals surface area contributed by atoms with E-state index in [1.807, 2.05) is 0 Å². The molecule has 1 aliphatic carbocycles. The van der Waals surface area contributed by atoms with Crippen LogP contribution in [0.2, 0.25) is 0 Å². The van der Waals surface area contributed by atoms with Crippen molar-refractivity contribution in [1.29, 1.82) is 0 Å². The Kier molecular flexibility index (Phi) is 3.28. The quantitative estimate of drug-likeness (QED) is 0.824. The van der Waals surface area contributed by atoms with Gasteiger partial charge in [-0.25, -0.2) is 13.1 Å². The van der Waals surface area contributed by atoms with Gasteiger partial charge in [-0.1, -0.05) is 18.6 Å². The fourth-order valence-electron chi connectivity index (χ4n) is 1.62. The number of hydrogen-bond donors (Lipinski definition) is 2. The Labute approximate surface area is 95.9 Å². The first kappa shape index (κ1) is 11.6. The minimum Gasteiger partial charge on any atom is -0.326 e. The average Bonchev–Trinajstić information content (AvgIpc) is 2.24. The monoisotopic (exact) mass is 240 g/mol. The highest BCUT2D eigenvalue weighted by Crippen LogP contribution is 2.21. The van der Waals surface area contributed by atoms with Gasteiger partial charge in [0, 0.05) is 12.6 Å². The van der Waals surface area contributed by atoms with E-state index in [1.165, 1.54) is 0 Å². The summed E-state index contributed by atoms with van der Waals surface area (Å²) < 4.78 is 26.5. The maximum Gasteiger partial charge on any atom is 0.240 e.